The Bertz CT molecular complexity index is 649. The fraction of sp³-hybridized carbons (Fsp3) is 0.480. The molecule has 0 heterocycles. The number of nitrogens with one attached hydrogen (secondary N) is 2. The van der Waals surface area contributed by atoms with Gasteiger partial charge in [-0.15, -0.1) is 0 Å². The highest BCUT2D eigenvalue weighted by Gasteiger charge is 2.00. The molecule has 31 heavy (non-hydrogen) atoms. The monoisotopic (exact) mass is 441 g/mol. The van der Waals surface area contributed by atoms with Gasteiger partial charge in [0, 0.05) is 11.4 Å². The van der Waals surface area contributed by atoms with Crippen molar-refractivity contribution in [1.29, 1.82) is 0 Å². The van der Waals surface area contributed by atoms with Crippen LogP contribution in [0.3, 0.4) is 0 Å². The molecule has 0 amide bonds. The van der Waals surface area contributed by atoms with Gasteiger partial charge in [-0.1, -0.05) is 52.2 Å². The SMILES string of the molecule is CCCC[B]CCCC.CCOc1ccc(NC(=S)Nc2ccc(OCC)cc2)cc1. The summed E-state index contributed by atoms with van der Waals surface area (Å²) in [5.74, 6) is 1.69. The van der Waals surface area contributed by atoms with E-state index in [-0.39, 0.29) is 0 Å². The normalized spacial score (nSPS) is 9.81. The average Bonchev–Trinajstić information content (AvgIpc) is 2.77. The largest absolute Gasteiger partial charge is 0.494 e. The maximum Gasteiger partial charge on any atom is 0.175 e. The summed E-state index contributed by atoms with van der Waals surface area (Å²) in [6.45, 7) is 9.72. The third-order valence-electron chi connectivity index (χ3n) is 4.37. The lowest BCUT2D eigenvalue weighted by Crippen LogP contribution is -2.18. The van der Waals surface area contributed by atoms with Crippen LogP contribution in [0.15, 0.2) is 48.5 Å². The lowest BCUT2D eigenvalue weighted by atomic mass is 9.68. The number of anilines is 2. The van der Waals surface area contributed by atoms with Crippen molar-refractivity contribution in [3.05, 3.63) is 48.5 Å². The number of unbranched alkanes of at least 4 members (excludes halogenated alkanes) is 2. The minimum absolute atomic E-state index is 0.535. The van der Waals surface area contributed by atoms with Crippen LogP contribution in [-0.2, 0) is 0 Å². The lowest BCUT2D eigenvalue weighted by Gasteiger charge is -2.12. The van der Waals surface area contributed by atoms with Gasteiger partial charge in [0.2, 0.25) is 0 Å². The van der Waals surface area contributed by atoms with Crippen LogP contribution in [0.1, 0.15) is 53.4 Å². The topological polar surface area (TPSA) is 42.5 Å². The zero-order chi connectivity index (χ0) is 22.7. The predicted octanol–water partition coefficient (Wildman–Crippen LogP) is 7.42. The Hall–Kier alpha value is -2.21. The minimum atomic E-state index is 0.535. The highest BCUT2D eigenvalue weighted by Crippen LogP contribution is 2.18. The van der Waals surface area contributed by atoms with Crippen molar-refractivity contribution in [2.75, 3.05) is 23.8 Å². The van der Waals surface area contributed by atoms with E-state index < -0.39 is 0 Å². The van der Waals surface area contributed by atoms with E-state index in [4.69, 9.17) is 21.7 Å². The van der Waals surface area contributed by atoms with E-state index in [1.807, 2.05) is 62.4 Å². The molecule has 0 aliphatic carbocycles. The Labute approximate surface area is 195 Å². The number of hydrogen-bond acceptors (Lipinski definition) is 3. The summed E-state index contributed by atoms with van der Waals surface area (Å²) < 4.78 is 10.8. The Morgan fingerprint density at radius 3 is 1.42 bits per heavy atom. The Kier molecular flexibility index (Phi) is 15.1. The van der Waals surface area contributed by atoms with Crippen molar-refractivity contribution in [3.63, 3.8) is 0 Å². The summed E-state index contributed by atoms with van der Waals surface area (Å²) in [5, 5.41) is 6.80. The Balaban J connectivity index is 0.000000452. The molecule has 6 heteroatoms. The van der Waals surface area contributed by atoms with Crippen molar-refractivity contribution in [2.45, 2.75) is 66.0 Å². The molecule has 1 radical (unpaired) electrons. The number of rotatable bonds is 12. The van der Waals surface area contributed by atoms with Gasteiger partial charge >= 0.3 is 0 Å². The summed E-state index contributed by atoms with van der Waals surface area (Å²) in [5.41, 5.74) is 1.82. The van der Waals surface area contributed by atoms with Gasteiger partial charge in [-0.05, 0) is 74.6 Å². The lowest BCUT2D eigenvalue weighted by molar-refractivity contribution is 0.340. The standard InChI is InChI=1S/C17H20N2O2S.C8H18B/c1-3-20-15-9-5-13(6-10-15)18-17(22)19-14-7-11-16(12-8-14)21-4-2;1-3-5-7-9-8-6-4-2/h5-12H,3-4H2,1-2H3,(H2,18,19,22);3-8H2,1-2H3. The fourth-order valence-electron chi connectivity index (χ4n) is 2.74. The van der Waals surface area contributed by atoms with Crippen molar-refractivity contribution in [1.82, 2.24) is 0 Å². The van der Waals surface area contributed by atoms with E-state index in [0.717, 1.165) is 22.9 Å². The molecule has 0 spiro atoms. The second-order valence-corrected chi connectivity index (χ2v) is 7.48. The Morgan fingerprint density at radius 1 is 0.710 bits per heavy atom. The van der Waals surface area contributed by atoms with Gasteiger partial charge in [-0.3, -0.25) is 0 Å². The molecule has 169 valence electrons. The maximum absolute atomic E-state index is 5.40. The molecule has 0 aliphatic heterocycles. The molecule has 4 nitrogen and oxygen atoms in total. The first-order valence-electron chi connectivity index (χ1n) is 11.5. The quantitative estimate of drug-likeness (QED) is 0.204. The van der Waals surface area contributed by atoms with Gasteiger partial charge in [0.25, 0.3) is 0 Å². The minimum Gasteiger partial charge on any atom is -0.494 e. The highest BCUT2D eigenvalue weighted by molar-refractivity contribution is 7.80. The van der Waals surface area contributed by atoms with Gasteiger partial charge in [0.15, 0.2) is 5.11 Å². The molecule has 0 aromatic heterocycles. The molecular formula is C25H38BN2O2S. The molecule has 2 aromatic rings. The molecule has 2 N–H and O–H groups in total. The van der Waals surface area contributed by atoms with Crippen LogP contribution in [0.4, 0.5) is 11.4 Å². The molecule has 0 fully saturated rings. The maximum atomic E-state index is 5.40. The second kappa shape index (κ2) is 17.5. The van der Waals surface area contributed by atoms with E-state index in [2.05, 4.69) is 31.8 Å². The molecular weight excluding hydrogens is 403 g/mol. The van der Waals surface area contributed by atoms with E-state index >= 15 is 0 Å². The van der Waals surface area contributed by atoms with Gasteiger partial charge in [0.05, 0.1) is 13.2 Å². The first kappa shape index (κ1) is 26.8. The Morgan fingerprint density at radius 2 is 1.10 bits per heavy atom. The third-order valence-corrected chi connectivity index (χ3v) is 4.57. The molecule has 2 aromatic carbocycles. The van der Waals surface area contributed by atoms with Crippen LogP contribution in [0.25, 0.3) is 0 Å². The summed E-state index contributed by atoms with van der Waals surface area (Å²) in [6, 6.07) is 15.3. The van der Waals surface area contributed by atoms with E-state index in [1.165, 1.54) is 38.3 Å². The van der Waals surface area contributed by atoms with Crippen LogP contribution in [0, 0.1) is 0 Å². The molecule has 0 saturated heterocycles. The van der Waals surface area contributed by atoms with Crippen molar-refractivity contribution in [2.24, 2.45) is 0 Å². The number of hydrogen-bond donors (Lipinski definition) is 2. The zero-order valence-corrected chi connectivity index (χ0v) is 20.4. The van der Waals surface area contributed by atoms with Crippen LogP contribution >= 0.6 is 12.2 Å². The van der Waals surface area contributed by atoms with Crippen LogP contribution < -0.4 is 20.1 Å². The predicted molar refractivity (Wildman–Crippen MR) is 140 cm³/mol. The second-order valence-electron chi connectivity index (χ2n) is 7.07. The third kappa shape index (κ3) is 12.9. The van der Waals surface area contributed by atoms with Crippen molar-refractivity contribution < 1.29 is 9.47 Å². The van der Waals surface area contributed by atoms with E-state index in [9.17, 15) is 0 Å². The number of ether oxygens (including phenoxy) is 2. The number of thiocarbonyl (C=S) groups is 1. The molecule has 0 atom stereocenters. The molecule has 0 unspecified atom stereocenters. The molecule has 0 bridgehead atoms. The first-order valence-corrected chi connectivity index (χ1v) is 11.9. The summed E-state index contributed by atoms with van der Waals surface area (Å²) in [4.78, 5) is 0. The molecule has 0 saturated carbocycles. The summed E-state index contributed by atoms with van der Waals surface area (Å²) >= 11 is 5.30. The fourth-order valence-corrected chi connectivity index (χ4v) is 2.97. The van der Waals surface area contributed by atoms with Gasteiger partial charge in [-0.2, -0.15) is 0 Å². The number of benzene rings is 2. The van der Waals surface area contributed by atoms with Crippen LogP contribution in [-0.4, -0.2) is 25.6 Å². The first-order chi connectivity index (χ1) is 15.1. The van der Waals surface area contributed by atoms with Gasteiger partial charge in [0.1, 0.15) is 18.8 Å². The van der Waals surface area contributed by atoms with Gasteiger partial charge < -0.3 is 20.1 Å². The van der Waals surface area contributed by atoms with Crippen LogP contribution in [0.5, 0.6) is 11.5 Å². The van der Waals surface area contributed by atoms with Gasteiger partial charge in [-0.25, -0.2) is 0 Å². The van der Waals surface area contributed by atoms with Crippen molar-refractivity contribution >= 4 is 36.0 Å². The van der Waals surface area contributed by atoms with E-state index in [0.29, 0.717) is 18.3 Å². The van der Waals surface area contributed by atoms with Crippen LogP contribution in [0.2, 0.25) is 12.6 Å². The zero-order valence-electron chi connectivity index (χ0n) is 19.6. The molecule has 0 aliphatic rings. The van der Waals surface area contributed by atoms with Crippen molar-refractivity contribution in [3.8, 4) is 11.5 Å². The summed E-state index contributed by atoms with van der Waals surface area (Å²) in [6.07, 6.45) is 8.09. The van der Waals surface area contributed by atoms with E-state index in [1.54, 1.807) is 0 Å². The summed E-state index contributed by atoms with van der Waals surface area (Å²) in [7, 11) is 2.42. The smallest absolute Gasteiger partial charge is 0.175 e. The highest BCUT2D eigenvalue weighted by atomic mass is 32.1. The average molecular weight is 441 g/mol. The molecule has 2 rings (SSSR count).